The van der Waals surface area contributed by atoms with Crippen LogP contribution in [0.4, 0.5) is 0 Å². The van der Waals surface area contributed by atoms with Gasteiger partial charge in [-0.1, -0.05) is 13.8 Å². The minimum atomic E-state index is -0.615. The Kier molecular flexibility index (Phi) is 6.38. The van der Waals surface area contributed by atoms with Crippen LogP contribution in [0.1, 0.15) is 26.7 Å². The predicted octanol–water partition coefficient (Wildman–Crippen LogP) is -0.473. The Morgan fingerprint density at radius 2 is 2.19 bits per heavy atom. The molecule has 0 aromatic rings. The smallest absolute Gasteiger partial charge is 0.298 e. The van der Waals surface area contributed by atoms with E-state index in [0.29, 0.717) is 25.3 Å². The van der Waals surface area contributed by atoms with E-state index in [9.17, 15) is 14.4 Å². The monoisotopic (exact) mass is 293 g/mol. The van der Waals surface area contributed by atoms with Crippen molar-refractivity contribution < 1.29 is 14.4 Å². The number of ketones is 1. The number of nitrogens with zero attached hydrogens (tertiary/aromatic N) is 1. The predicted molar refractivity (Wildman–Crippen MR) is 79.0 cm³/mol. The molecular formula is C15H23N3O3. The van der Waals surface area contributed by atoms with E-state index in [2.05, 4.69) is 5.32 Å². The second kappa shape index (κ2) is 7.79. The third-order valence-corrected chi connectivity index (χ3v) is 3.50. The van der Waals surface area contributed by atoms with Gasteiger partial charge in [-0.05, 0) is 24.7 Å². The molecule has 0 unspecified atom stereocenters. The summed E-state index contributed by atoms with van der Waals surface area (Å²) < 4.78 is 0. The molecule has 3 N–H and O–H groups in total. The van der Waals surface area contributed by atoms with E-state index >= 15 is 0 Å². The van der Waals surface area contributed by atoms with Crippen LogP contribution in [0.25, 0.3) is 0 Å². The molecule has 1 aliphatic heterocycles. The molecule has 1 fully saturated rings. The van der Waals surface area contributed by atoms with Crippen molar-refractivity contribution in [3.8, 4) is 12.3 Å². The van der Waals surface area contributed by atoms with Crippen LogP contribution in [0.3, 0.4) is 0 Å². The maximum absolute atomic E-state index is 12.1. The van der Waals surface area contributed by atoms with Crippen LogP contribution >= 0.6 is 0 Å². The van der Waals surface area contributed by atoms with Gasteiger partial charge in [-0.2, -0.15) is 0 Å². The van der Waals surface area contributed by atoms with Crippen LogP contribution in [-0.4, -0.2) is 48.2 Å². The van der Waals surface area contributed by atoms with Gasteiger partial charge >= 0.3 is 0 Å². The molecule has 0 saturated carbocycles. The number of carbonyl (C=O) groups is 3. The lowest BCUT2D eigenvalue weighted by molar-refractivity contribution is -0.133. The number of hydrogen-bond donors (Lipinski definition) is 2. The zero-order valence-electron chi connectivity index (χ0n) is 12.6. The molecule has 1 heterocycles. The summed E-state index contributed by atoms with van der Waals surface area (Å²) in [6.45, 7) is 4.55. The van der Waals surface area contributed by atoms with Crippen LogP contribution in [0.15, 0.2) is 0 Å². The molecule has 0 radical (unpaired) electrons. The highest BCUT2D eigenvalue weighted by Crippen LogP contribution is 2.12. The first-order chi connectivity index (χ1) is 9.85. The average Bonchev–Trinajstić information content (AvgIpc) is 2.81. The molecule has 1 aliphatic rings. The summed E-state index contributed by atoms with van der Waals surface area (Å²) in [5.41, 5.74) is 5.83. The number of nitrogens with two attached hydrogens (primary N) is 1. The van der Waals surface area contributed by atoms with E-state index in [1.807, 2.05) is 19.8 Å². The standard InChI is InChI=1S/C15H23N3O3/c1-4-14(20)18(8-11-5-6-17-15(11)21)9-13(19)12(16)7-10(2)3/h1,10-12H,5-9,16H2,2-3H3,(H,17,21)/t11-,12-/m0/s1. The van der Waals surface area contributed by atoms with Gasteiger partial charge in [0.15, 0.2) is 5.78 Å². The van der Waals surface area contributed by atoms with Gasteiger partial charge in [-0.25, -0.2) is 0 Å². The Bertz CT molecular complexity index is 454. The van der Waals surface area contributed by atoms with Gasteiger partial charge in [-0.15, -0.1) is 6.42 Å². The lowest BCUT2D eigenvalue weighted by Crippen LogP contribution is -2.45. The number of carbonyl (C=O) groups excluding carboxylic acids is 3. The summed E-state index contributed by atoms with van der Waals surface area (Å²) in [5.74, 6) is 1.06. The summed E-state index contributed by atoms with van der Waals surface area (Å²) in [4.78, 5) is 36.7. The zero-order chi connectivity index (χ0) is 16.0. The Morgan fingerprint density at radius 3 is 2.67 bits per heavy atom. The maximum Gasteiger partial charge on any atom is 0.298 e. The van der Waals surface area contributed by atoms with E-state index in [-0.39, 0.29) is 30.7 Å². The lowest BCUT2D eigenvalue weighted by atomic mass is 10.0. The Hall–Kier alpha value is -1.87. The van der Waals surface area contributed by atoms with Crippen LogP contribution in [0.2, 0.25) is 0 Å². The highest BCUT2D eigenvalue weighted by atomic mass is 16.2. The van der Waals surface area contributed by atoms with E-state index in [4.69, 9.17) is 12.2 Å². The highest BCUT2D eigenvalue weighted by Gasteiger charge is 2.29. The highest BCUT2D eigenvalue weighted by molar-refractivity contribution is 5.97. The van der Waals surface area contributed by atoms with Crippen LogP contribution in [0.5, 0.6) is 0 Å². The van der Waals surface area contributed by atoms with Crippen LogP contribution in [0, 0.1) is 24.2 Å². The molecule has 6 heteroatoms. The summed E-state index contributed by atoms with van der Waals surface area (Å²) in [6, 6.07) is -0.615. The Balaban J connectivity index is 2.66. The number of amides is 2. The number of hydrogen-bond acceptors (Lipinski definition) is 4. The molecule has 0 spiro atoms. The summed E-state index contributed by atoms with van der Waals surface area (Å²) in [6.07, 6.45) is 6.32. The number of nitrogens with one attached hydrogen (secondary N) is 1. The van der Waals surface area contributed by atoms with Crippen LogP contribution in [-0.2, 0) is 14.4 Å². The van der Waals surface area contributed by atoms with Gasteiger partial charge in [0.2, 0.25) is 5.91 Å². The van der Waals surface area contributed by atoms with Crippen molar-refractivity contribution >= 4 is 17.6 Å². The molecular weight excluding hydrogens is 270 g/mol. The average molecular weight is 293 g/mol. The molecule has 0 aliphatic carbocycles. The maximum atomic E-state index is 12.1. The fourth-order valence-electron chi connectivity index (χ4n) is 2.34. The topological polar surface area (TPSA) is 92.5 Å². The normalized spacial score (nSPS) is 19.0. The SMILES string of the molecule is C#CC(=O)N(CC(=O)[C@@H](N)CC(C)C)C[C@@H]1CCNC1=O. The first-order valence-electron chi connectivity index (χ1n) is 7.16. The molecule has 116 valence electrons. The lowest BCUT2D eigenvalue weighted by Gasteiger charge is -2.23. The molecule has 2 atom stereocenters. The molecule has 1 rings (SSSR count). The number of rotatable bonds is 7. The molecule has 0 bridgehead atoms. The Labute approximate surface area is 125 Å². The summed E-state index contributed by atoms with van der Waals surface area (Å²) in [7, 11) is 0. The van der Waals surface area contributed by atoms with E-state index in [0.717, 1.165) is 0 Å². The minimum absolute atomic E-state index is 0.108. The largest absolute Gasteiger partial charge is 0.356 e. The second-order valence-corrected chi connectivity index (χ2v) is 5.81. The quantitative estimate of drug-likeness (QED) is 0.621. The zero-order valence-corrected chi connectivity index (χ0v) is 12.6. The molecule has 1 saturated heterocycles. The van der Waals surface area contributed by atoms with Crippen molar-refractivity contribution in [1.29, 1.82) is 0 Å². The van der Waals surface area contributed by atoms with Crippen LogP contribution < -0.4 is 11.1 Å². The fourth-order valence-corrected chi connectivity index (χ4v) is 2.34. The van der Waals surface area contributed by atoms with Gasteiger partial charge in [0, 0.05) is 13.1 Å². The molecule has 2 amide bonds. The van der Waals surface area contributed by atoms with Gasteiger partial charge < -0.3 is 16.0 Å². The first-order valence-corrected chi connectivity index (χ1v) is 7.16. The van der Waals surface area contributed by atoms with E-state index < -0.39 is 11.9 Å². The molecule has 6 nitrogen and oxygen atoms in total. The molecule has 0 aromatic heterocycles. The first kappa shape index (κ1) is 17.2. The number of terminal acetylenes is 1. The second-order valence-electron chi connectivity index (χ2n) is 5.81. The van der Waals surface area contributed by atoms with Crippen molar-refractivity contribution in [2.24, 2.45) is 17.6 Å². The van der Waals surface area contributed by atoms with Crippen molar-refractivity contribution in [3.63, 3.8) is 0 Å². The molecule has 0 aromatic carbocycles. The molecule has 21 heavy (non-hydrogen) atoms. The van der Waals surface area contributed by atoms with Gasteiger partial charge in [0.25, 0.3) is 5.91 Å². The van der Waals surface area contributed by atoms with E-state index in [1.165, 1.54) is 4.90 Å². The number of Topliss-reactive ketones (excluding diaryl/α,β-unsaturated/α-hetero) is 1. The van der Waals surface area contributed by atoms with Crippen molar-refractivity contribution in [2.45, 2.75) is 32.7 Å². The van der Waals surface area contributed by atoms with Crippen molar-refractivity contribution in [3.05, 3.63) is 0 Å². The van der Waals surface area contributed by atoms with Gasteiger partial charge in [-0.3, -0.25) is 14.4 Å². The third-order valence-electron chi connectivity index (χ3n) is 3.50. The third kappa shape index (κ3) is 5.20. The Morgan fingerprint density at radius 1 is 1.52 bits per heavy atom. The van der Waals surface area contributed by atoms with Crippen molar-refractivity contribution in [2.75, 3.05) is 19.6 Å². The van der Waals surface area contributed by atoms with Crippen molar-refractivity contribution in [1.82, 2.24) is 10.2 Å². The van der Waals surface area contributed by atoms with Gasteiger partial charge in [0.05, 0.1) is 18.5 Å². The fraction of sp³-hybridized carbons (Fsp3) is 0.667. The summed E-state index contributed by atoms with van der Waals surface area (Å²) in [5, 5.41) is 2.70. The summed E-state index contributed by atoms with van der Waals surface area (Å²) >= 11 is 0. The minimum Gasteiger partial charge on any atom is -0.356 e. The van der Waals surface area contributed by atoms with E-state index in [1.54, 1.807) is 0 Å². The van der Waals surface area contributed by atoms with Gasteiger partial charge in [0.1, 0.15) is 0 Å².